The van der Waals surface area contributed by atoms with Gasteiger partial charge in [0.2, 0.25) is 0 Å². The third-order valence-electron chi connectivity index (χ3n) is 3.31. The van der Waals surface area contributed by atoms with Crippen LogP contribution >= 0.6 is 0 Å². The molecule has 9 heteroatoms. The van der Waals surface area contributed by atoms with Crippen molar-refractivity contribution in [2.45, 2.75) is 24.7 Å². The van der Waals surface area contributed by atoms with Crippen LogP contribution in [0, 0.1) is 0 Å². The van der Waals surface area contributed by atoms with Crippen molar-refractivity contribution < 1.29 is 22.5 Å². The summed E-state index contributed by atoms with van der Waals surface area (Å²) in [4.78, 5) is 16.0. The fourth-order valence-electron chi connectivity index (χ4n) is 2.02. The SMILES string of the molecule is CCOCCCNC(=O)c1nc(CCS(=O)(=O)c2ccccc2)no1. The molecule has 0 aliphatic heterocycles. The molecule has 25 heavy (non-hydrogen) atoms. The summed E-state index contributed by atoms with van der Waals surface area (Å²) in [6.45, 7) is 3.52. The van der Waals surface area contributed by atoms with E-state index < -0.39 is 15.7 Å². The van der Waals surface area contributed by atoms with Gasteiger partial charge in [-0.2, -0.15) is 4.98 Å². The zero-order chi connectivity index (χ0) is 18.1. The highest BCUT2D eigenvalue weighted by molar-refractivity contribution is 7.91. The average molecular weight is 367 g/mol. The molecule has 2 aromatic rings. The molecule has 0 unspecified atom stereocenters. The quantitative estimate of drug-likeness (QED) is 0.629. The predicted octanol–water partition coefficient (Wildman–Crippen LogP) is 1.24. The Balaban J connectivity index is 1.84. The summed E-state index contributed by atoms with van der Waals surface area (Å²) in [6.07, 6.45) is 0.744. The van der Waals surface area contributed by atoms with E-state index in [9.17, 15) is 13.2 Å². The molecule has 1 aromatic carbocycles. The van der Waals surface area contributed by atoms with Crippen molar-refractivity contribution in [2.75, 3.05) is 25.5 Å². The minimum absolute atomic E-state index is 0.0678. The molecule has 1 N–H and O–H groups in total. The molecule has 1 amide bonds. The number of nitrogens with one attached hydrogen (secondary N) is 1. The first kappa shape index (κ1) is 19.1. The molecule has 0 saturated carbocycles. The third-order valence-corrected chi connectivity index (χ3v) is 5.05. The number of hydrogen-bond acceptors (Lipinski definition) is 7. The van der Waals surface area contributed by atoms with Crippen molar-refractivity contribution in [1.29, 1.82) is 0 Å². The zero-order valence-electron chi connectivity index (χ0n) is 14.0. The summed E-state index contributed by atoms with van der Waals surface area (Å²) in [5.74, 6) is -0.643. The normalized spacial score (nSPS) is 11.4. The first-order chi connectivity index (χ1) is 12.0. The van der Waals surface area contributed by atoms with Crippen LogP contribution in [0.15, 0.2) is 39.8 Å². The van der Waals surface area contributed by atoms with E-state index in [1.165, 1.54) is 12.1 Å². The Morgan fingerprint density at radius 1 is 1.28 bits per heavy atom. The van der Waals surface area contributed by atoms with Crippen LogP contribution in [0.4, 0.5) is 0 Å². The van der Waals surface area contributed by atoms with E-state index >= 15 is 0 Å². The Morgan fingerprint density at radius 2 is 2.04 bits per heavy atom. The monoisotopic (exact) mass is 367 g/mol. The smallest absolute Gasteiger partial charge is 0.315 e. The van der Waals surface area contributed by atoms with Crippen molar-refractivity contribution >= 4 is 15.7 Å². The molecule has 136 valence electrons. The number of nitrogens with zero attached hydrogens (tertiary/aromatic N) is 2. The summed E-state index contributed by atoms with van der Waals surface area (Å²) < 4.78 is 34.4. The van der Waals surface area contributed by atoms with E-state index in [2.05, 4.69) is 15.5 Å². The third kappa shape index (κ3) is 5.95. The Kier molecular flexibility index (Phi) is 7.08. The number of aromatic nitrogens is 2. The molecule has 1 aromatic heterocycles. The molecule has 0 fully saturated rings. The molecule has 0 aliphatic carbocycles. The van der Waals surface area contributed by atoms with Crippen LogP contribution in [0.5, 0.6) is 0 Å². The Hall–Kier alpha value is -2.26. The highest BCUT2D eigenvalue weighted by Gasteiger charge is 2.18. The lowest BCUT2D eigenvalue weighted by Gasteiger charge is -2.02. The summed E-state index contributed by atoms with van der Waals surface area (Å²) in [7, 11) is -3.43. The van der Waals surface area contributed by atoms with Crippen LogP contribution in [-0.4, -0.2) is 50.0 Å². The second kappa shape index (κ2) is 9.28. The first-order valence-corrected chi connectivity index (χ1v) is 9.64. The second-order valence-corrected chi connectivity index (χ2v) is 7.31. The number of ether oxygens (including phenoxy) is 1. The van der Waals surface area contributed by atoms with Crippen LogP contribution in [0.3, 0.4) is 0 Å². The summed E-state index contributed by atoms with van der Waals surface area (Å²) in [5.41, 5.74) is 0. The van der Waals surface area contributed by atoms with E-state index in [0.717, 1.165) is 0 Å². The lowest BCUT2D eigenvalue weighted by molar-refractivity contribution is 0.0901. The van der Waals surface area contributed by atoms with Gasteiger partial charge in [0, 0.05) is 26.2 Å². The molecule has 8 nitrogen and oxygen atoms in total. The highest BCUT2D eigenvalue weighted by atomic mass is 32.2. The summed E-state index contributed by atoms with van der Waals surface area (Å²) in [5, 5.41) is 6.29. The number of carbonyl (C=O) groups is 1. The maximum absolute atomic E-state index is 12.2. The van der Waals surface area contributed by atoms with Gasteiger partial charge in [-0.05, 0) is 25.5 Å². The minimum Gasteiger partial charge on any atom is -0.382 e. The number of sulfone groups is 1. The zero-order valence-corrected chi connectivity index (χ0v) is 14.8. The van der Waals surface area contributed by atoms with Gasteiger partial charge in [-0.15, -0.1) is 0 Å². The maximum atomic E-state index is 12.2. The molecular formula is C16H21N3O5S. The number of hydrogen-bond donors (Lipinski definition) is 1. The molecule has 1 heterocycles. The predicted molar refractivity (Wildman–Crippen MR) is 89.9 cm³/mol. The molecular weight excluding hydrogens is 346 g/mol. The number of amides is 1. The largest absolute Gasteiger partial charge is 0.382 e. The van der Waals surface area contributed by atoms with Crippen LogP contribution in [0.2, 0.25) is 0 Å². The Morgan fingerprint density at radius 3 is 2.76 bits per heavy atom. The molecule has 0 bridgehead atoms. The first-order valence-electron chi connectivity index (χ1n) is 7.99. The number of carbonyl (C=O) groups excluding carboxylic acids is 1. The van der Waals surface area contributed by atoms with Gasteiger partial charge in [-0.25, -0.2) is 8.42 Å². The standard InChI is InChI=1S/C16H21N3O5S/c1-2-23-11-6-10-17-15(20)16-18-14(19-24-16)9-12-25(21,22)13-7-4-3-5-8-13/h3-5,7-8H,2,6,9-12H2,1H3,(H,17,20). The molecule has 0 radical (unpaired) electrons. The van der Waals surface area contributed by atoms with Gasteiger partial charge in [0.05, 0.1) is 10.6 Å². The van der Waals surface area contributed by atoms with Gasteiger partial charge in [0.25, 0.3) is 0 Å². The topological polar surface area (TPSA) is 111 Å². The van der Waals surface area contributed by atoms with E-state index in [-0.39, 0.29) is 28.8 Å². The van der Waals surface area contributed by atoms with Crippen molar-refractivity contribution in [3.8, 4) is 0 Å². The van der Waals surface area contributed by atoms with E-state index in [0.29, 0.717) is 26.2 Å². The number of rotatable bonds is 10. The molecule has 2 rings (SSSR count). The minimum atomic E-state index is -3.43. The Bertz CT molecular complexity index is 774. The van der Waals surface area contributed by atoms with E-state index in [4.69, 9.17) is 9.26 Å². The molecule has 0 spiro atoms. The van der Waals surface area contributed by atoms with Gasteiger partial charge in [-0.1, -0.05) is 23.4 Å². The average Bonchev–Trinajstić information content (AvgIpc) is 3.10. The van der Waals surface area contributed by atoms with E-state index in [1.807, 2.05) is 6.92 Å². The molecule has 0 saturated heterocycles. The van der Waals surface area contributed by atoms with Gasteiger partial charge in [0.1, 0.15) is 0 Å². The van der Waals surface area contributed by atoms with Crippen LogP contribution in [0.25, 0.3) is 0 Å². The number of aryl methyl sites for hydroxylation is 1. The van der Waals surface area contributed by atoms with Crippen molar-refractivity contribution in [3.63, 3.8) is 0 Å². The van der Waals surface area contributed by atoms with Gasteiger partial charge >= 0.3 is 11.8 Å². The van der Waals surface area contributed by atoms with Crippen molar-refractivity contribution in [3.05, 3.63) is 42.0 Å². The van der Waals surface area contributed by atoms with E-state index in [1.54, 1.807) is 18.2 Å². The lowest BCUT2D eigenvalue weighted by atomic mass is 10.4. The van der Waals surface area contributed by atoms with Crippen molar-refractivity contribution in [1.82, 2.24) is 15.5 Å². The van der Waals surface area contributed by atoms with Gasteiger partial charge < -0.3 is 14.6 Å². The van der Waals surface area contributed by atoms with Crippen molar-refractivity contribution in [2.24, 2.45) is 0 Å². The van der Waals surface area contributed by atoms with Crippen LogP contribution < -0.4 is 5.32 Å². The Labute approximate surface area is 146 Å². The maximum Gasteiger partial charge on any atom is 0.315 e. The van der Waals surface area contributed by atoms with Gasteiger partial charge in [-0.3, -0.25) is 4.79 Å². The lowest BCUT2D eigenvalue weighted by Crippen LogP contribution is -2.25. The van der Waals surface area contributed by atoms with Crippen LogP contribution in [-0.2, 0) is 21.0 Å². The van der Waals surface area contributed by atoms with Crippen LogP contribution in [0.1, 0.15) is 29.9 Å². The van der Waals surface area contributed by atoms with Gasteiger partial charge in [0.15, 0.2) is 15.7 Å². The number of benzene rings is 1. The fraction of sp³-hybridized carbons (Fsp3) is 0.438. The second-order valence-electron chi connectivity index (χ2n) is 5.20. The highest BCUT2D eigenvalue weighted by Crippen LogP contribution is 2.11. The summed E-state index contributed by atoms with van der Waals surface area (Å²) >= 11 is 0. The molecule has 0 atom stereocenters. The fourth-order valence-corrected chi connectivity index (χ4v) is 3.27. The molecule has 0 aliphatic rings. The summed E-state index contributed by atoms with van der Waals surface area (Å²) in [6, 6.07) is 8.14.